The van der Waals surface area contributed by atoms with Crippen LogP contribution in [0.2, 0.25) is 0 Å². The van der Waals surface area contributed by atoms with E-state index in [1.807, 2.05) is 28.8 Å². The second-order valence-corrected chi connectivity index (χ2v) is 4.74. The van der Waals surface area contributed by atoms with Crippen LogP contribution in [0, 0.1) is 0 Å². The highest BCUT2D eigenvalue weighted by molar-refractivity contribution is 9.10. The van der Waals surface area contributed by atoms with Crippen LogP contribution in [0.5, 0.6) is 5.75 Å². The zero-order valence-corrected chi connectivity index (χ0v) is 10.9. The molecular weight excluding hydrogens is 294 g/mol. The van der Waals surface area contributed by atoms with Crippen LogP contribution in [0.1, 0.15) is 0 Å². The fraction of sp³-hybridized carbons (Fsp3) is 0. The summed E-state index contributed by atoms with van der Waals surface area (Å²) in [5, 5.41) is 9.53. The zero-order chi connectivity index (χ0) is 12.7. The van der Waals surface area contributed by atoms with Crippen LogP contribution in [-0.2, 0) is 0 Å². The van der Waals surface area contributed by atoms with Crippen molar-refractivity contribution in [1.29, 1.82) is 0 Å². The first kappa shape index (κ1) is 11.1. The number of aromatic nitrogens is 2. The van der Waals surface area contributed by atoms with Gasteiger partial charge in [0.2, 0.25) is 0 Å². The molecule has 0 aliphatic heterocycles. The molecule has 0 radical (unpaired) electrons. The van der Waals surface area contributed by atoms with Crippen molar-refractivity contribution in [3.63, 3.8) is 0 Å². The molecule has 0 saturated heterocycles. The van der Waals surface area contributed by atoms with Gasteiger partial charge >= 0.3 is 0 Å². The molecule has 3 aromatic rings. The standard InChI is InChI=1S/C13H10BrN3O/c14-12-11-7-9(15)4-5-17(11)13(16-12)8-2-1-3-10(18)6-8/h1-7,18H,15H2. The number of benzene rings is 1. The molecule has 0 aliphatic rings. The van der Waals surface area contributed by atoms with Crippen molar-refractivity contribution in [1.82, 2.24) is 9.38 Å². The number of hydrogen-bond donors (Lipinski definition) is 2. The summed E-state index contributed by atoms with van der Waals surface area (Å²) in [4.78, 5) is 4.46. The van der Waals surface area contributed by atoms with Crippen molar-refractivity contribution in [2.24, 2.45) is 0 Å². The maximum atomic E-state index is 9.53. The normalized spacial score (nSPS) is 10.9. The molecule has 0 saturated carbocycles. The highest BCUT2D eigenvalue weighted by Crippen LogP contribution is 2.28. The van der Waals surface area contributed by atoms with E-state index in [1.54, 1.807) is 18.2 Å². The molecule has 1 aromatic carbocycles. The van der Waals surface area contributed by atoms with Gasteiger partial charge in [0.25, 0.3) is 0 Å². The number of phenolic OH excluding ortho intramolecular Hbond substituents is 1. The lowest BCUT2D eigenvalue weighted by atomic mass is 10.2. The van der Waals surface area contributed by atoms with Crippen LogP contribution in [-0.4, -0.2) is 14.5 Å². The van der Waals surface area contributed by atoms with Crippen LogP contribution >= 0.6 is 15.9 Å². The van der Waals surface area contributed by atoms with E-state index in [1.165, 1.54) is 0 Å². The largest absolute Gasteiger partial charge is 0.508 e. The van der Waals surface area contributed by atoms with E-state index in [0.717, 1.165) is 21.5 Å². The van der Waals surface area contributed by atoms with Crippen LogP contribution in [0.15, 0.2) is 47.2 Å². The highest BCUT2D eigenvalue weighted by Gasteiger charge is 2.11. The maximum Gasteiger partial charge on any atom is 0.146 e. The molecule has 3 rings (SSSR count). The fourth-order valence-electron chi connectivity index (χ4n) is 1.91. The smallest absolute Gasteiger partial charge is 0.146 e. The second-order valence-electron chi connectivity index (χ2n) is 3.99. The monoisotopic (exact) mass is 303 g/mol. The topological polar surface area (TPSA) is 63.5 Å². The summed E-state index contributed by atoms with van der Waals surface area (Å²) >= 11 is 3.42. The van der Waals surface area contributed by atoms with Crippen LogP contribution in [0.3, 0.4) is 0 Å². The van der Waals surface area contributed by atoms with Gasteiger partial charge in [-0.2, -0.15) is 0 Å². The van der Waals surface area contributed by atoms with Crippen molar-refractivity contribution in [2.45, 2.75) is 0 Å². The predicted molar refractivity (Wildman–Crippen MR) is 74.4 cm³/mol. The Balaban J connectivity index is 2.30. The Kier molecular flexibility index (Phi) is 2.48. The fourth-order valence-corrected chi connectivity index (χ4v) is 2.39. The molecule has 5 heteroatoms. The molecular formula is C13H10BrN3O. The molecule has 0 amide bonds. The molecule has 2 aromatic heterocycles. The summed E-state index contributed by atoms with van der Waals surface area (Å²) in [7, 11) is 0. The van der Waals surface area contributed by atoms with E-state index in [2.05, 4.69) is 20.9 Å². The number of nitrogens with two attached hydrogens (primary N) is 1. The second kappa shape index (κ2) is 4.03. The minimum Gasteiger partial charge on any atom is -0.508 e. The molecule has 0 aliphatic carbocycles. The van der Waals surface area contributed by atoms with Crippen molar-refractivity contribution in [3.8, 4) is 17.1 Å². The number of phenols is 1. The SMILES string of the molecule is Nc1ccn2c(-c3cccc(O)c3)nc(Br)c2c1. The summed E-state index contributed by atoms with van der Waals surface area (Å²) in [5.41, 5.74) is 8.19. The number of halogens is 1. The number of nitrogens with zero attached hydrogens (tertiary/aromatic N) is 2. The number of hydrogen-bond acceptors (Lipinski definition) is 3. The van der Waals surface area contributed by atoms with Gasteiger partial charge in [0.1, 0.15) is 16.2 Å². The summed E-state index contributed by atoms with van der Waals surface area (Å²) in [5.74, 6) is 0.976. The number of aromatic hydroxyl groups is 1. The van der Waals surface area contributed by atoms with Gasteiger partial charge in [0, 0.05) is 17.4 Å². The Morgan fingerprint density at radius 2 is 2.06 bits per heavy atom. The third-order valence-electron chi connectivity index (χ3n) is 2.73. The lowest BCUT2D eigenvalue weighted by Gasteiger charge is -2.02. The molecule has 18 heavy (non-hydrogen) atoms. The molecule has 0 unspecified atom stereocenters. The molecule has 0 bridgehead atoms. The van der Waals surface area contributed by atoms with Gasteiger partial charge < -0.3 is 10.8 Å². The lowest BCUT2D eigenvalue weighted by Crippen LogP contribution is -1.91. The number of pyridine rings is 1. The van der Waals surface area contributed by atoms with Crippen LogP contribution in [0.25, 0.3) is 16.9 Å². The van der Waals surface area contributed by atoms with Crippen molar-refractivity contribution >= 4 is 27.1 Å². The van der Waals surface area contributed by atoms with Crippen LogP contribution < -0.4 is 5.73 Å². The van der Waals surface area contributed by atoms with Gasteiger partial charge in [0.15, 0.2) is 0 Å². The van der Waals surface area contributed by atoms with E-state index >= 15 is 0 Å². The van der Waals surface area contributed by atoms with Gasteiger partial charge in [-0.1, -0.05) is 12.1 Å². The van der Waals surface area contributed by atoms with Gasteiger partial charge in [-0.25, -0.2) is 4.98 Å². The number of imidazole rings is 1. The summed E-state index contributed by atoms with van der Waals surface area (Å²) in [6.07, 6.45) is 1.86. The van der Waals surface area contributed by atoms with Crippen molar-refractivity contribution in [3.05, 3.63) is 47.2 Å². The Hall–Kier alpha value is -2.01. The molecule has 4 nitrogen and oxygen atoms in total. The zero-order valence-electron chi connectivity index (χ0n) is 9.34. The number of anilines is 1. The molecule has 0 spiro atoms. The van der Waals surface area contributed by atoms with E-state index in [9.17, 15) is 5.11 Å². The van der Waals surface area contributed by atoms with Crippen LogP contribution in [0.4, 0.5) is 5.69 Å². The third kappa shape index (κ3) is 1.73. The van der Waals surface area contributed by atoms with E-state index in [-0.39, 0.29) is 5.75 Å². The predicted octanol–water partition coefficient (Wildman–Crippen LogP) is 3.05. The van der Waals surface area contributed by atoms with Gasteiger partial charge in [0.05, 0.1) is 5.52 Å². The average molecular weight is 304 g/mol. The molecule has 90 valence electrons. The Morgan fingerprint density at radius 1 is 1.22 bits per heavy atom. The first-order valence-corrected chi connectivity index (χ1v) is 6.17. The minimum atomic E-state index is 0.218. The average Bonchev–Trinajstić information content (AvgIpc) is 2.67. The van der Waals surface area contributed by atoms with E-state index in [0.29, 0.717) is 5.69 Å². The van der Waals surface area contributed by atoms with E-state index in [4.69, 9.17) is 5.73 Å². The molecule has 3 N–H and O–H groups in total. The Labute approximate surface area is 112 Å². The molecule has 2 heterocycles. The minimum absolute atomic E-state index is 0.218. The van der Waals surface area contributed by atoms with Crippen molar-refractivity contribution < 1.29 is 5.11 Å². The third-order valence-corrected chi connectivity index (χ3v) is 3.31. The Morgan fingerprint density at radius 3 is 2.83 bits per heavy atom. The number of nitrogen functional groups attached to an aromatic ring is 1. The van der Waals surface area contributed by atoms with Crippen molar-refractivity contribution in [2.75, 3.05) is 5.73 Å². The van der Waals surface area contributed by atoms with E-state index < -0.39 is 0 Å². The highest BCUT2D eigenvalue weighted by atomic mass is 79.9. The number of fused-ring (bicyclic) bond motifs is 1. The quantitative estimate of drug-likeness (QED) is 0.726. The summed E-state index contributed by atoms with van der Waals surface area (Å²) in [6.45, 7) is 0. The first-order chi connectivity index (χ1) is 8.65. The van der Waals surface area contributed by atoms with Gasteiger partial charge in [-0.3, -0.25) is 4.40 Å². The number of rotatable bonds is 1. The Bertz CT molecular complexity index is 736. The van der Waals surface area contributed by atoms with Gasteiger partial charge in [-0.05, 0) is 40.2 Å². The molecule has 0 fully saturated rings. The lowest BCUT2D eigenvalue weighted by molar-refractivity contribution is 0.475. The summed E-state index contributed by atoms with van der Waals surface area (Å²) in [6, 6.07) is 10.7. The van der Waals surface area contributed by atoms with Gasteiger partial charge in [-0.15, -0.1) is 0 Å². The summed E-state index contributed by atoms with van der Waals surface area (Å²) < 4.78 is 2.66. The maximum absolute atomic E-state index is 9.53. The molecule has 0 atom stereocenters. The first-order valence-electron chi connectivity index (χ1n) is 5.37.